The highest BCUT2D eigenvalue weighted by atomic mass is 79.9. The van der Waals surface area contributed by atoms with Gasteiger partial charge in [-0.1, -0.05) is 76.1 Å². The van der Waals surface area contributed by atoms with E-state index in [2.05, 4.69) is 20.8 Å². The van der Waals surface area contributed by atoms with Gasteiger partial charge in [0.2, 0.25) is 11.9 Å². The van der Waals surface area contributed by atoms with Crippen molar-refractivity contribution in [2.24, 2.45) is 31.5 Å². The molecule has 0 radical (unpaired) electrons. The van der Waals surface area contributed by atoms with Gasteiger partial charge in [0.1, 0.15) is 5.82 Å². The Morgan fingerprint density at radius 3 is 1.71 bits per heavy atom. The summed E-state index contributed by atoms with van der Waals surface area (Å²) in [5, 5.41) is 0.525. The van der Waals surface area contributed by atoms with Crippen LogP contribution >= 0.6 is 27.5 Å². The monoisotopic (exact) mass is 1040 g/mol. The molecule has 10 rings (SSSR count). The van der Waals surface area contributed by atoms with Crippen LogP contribution in [-0.4, -0.2) is 87.2 Å². The van der Waals surface area contributed by atoms with Crippen molar-refractivity contribution in [1.29, 1.82) is 0 Å². The smallest absolute Gasteiger partial charge is 0.332 e. The number of piperidine rings is 2. The van der Waals surface area contributed by atoms with Crippen LogP contribution in [-0.2, 0) is 45.1 Å². The number of aromatic nitrogens is 8. The van der Waals surface area contributed by atoms with E-state index in [0.29, 0.717) is 54.3 Å². The maximum Gasteiger partial charge on any atom is 0.332 e. The molecule has 4 aromatic heterocycles. The lowest BCUT2D eigenvalue weighted by Gasteiger charge is -2.32. The molecule has 3 fully saturated rings. The molecule has 3 aliphatic rings. The number of imidazole rings is 2. The average Bonchev–Trinajstić information content (AvgIpc) is 4.04. The molecule has 0 bridgehead atoms. The first-order valence-electron chi connectivity index (χ1n) is 23.3. The van der Waals surface area contributed by atoms with E-state index in [-0.39, 0.29) is 53.6 Å². The lowest BCUT2D eigenvalue weighted by Crippen LogP contribution is -2.44. The van der Waals surface area contributed by atoms with Gasteiger partial charge in [-0.15, -0.1) is 0 Å². The number of Topliss-reactive ketones (excluding diaryl/α,β-unsaturated/α-hetero) is 2. The summed E-state index contributed by atoms with van der Waals surface area (Å²) in [6.07, 6.45) is 5.27. The number of halogens is 3. The molecule has 18 nitrogen and oxygen atoms in total. The molecule has 6 heterocycles. The van der Waals surface area contributed by atoms with Crippen LogP contribution in [0.5, 0.6) is 0 Å². The highest BCUT2D eigenvalue weighted by Crippen LogP contribution is 2.31. The fourth-order valence-corrected chi connectivity index (χ4v) is 9.95. The van der Waals surface area contributed by atoms with E-state index in [1.165, 1.54) is 34.4 Å². The molecule has 7 aromatic rings. The summed E-state index contributed by atoms with van der Waals surface area (Å²) in [5.74, 6) is -0.109. The zero-order valence-corrected chi connectivity index (χ0v) is 41.1. The van der Waals surface area contributed by atoms with E-state index in [9.17, 15) is 33.2 Å². The predicted molar refractivity (Wildman–Crippen MR) is 270 cm³/mol. The maximum absolute atomic E-state index is 13.8. The minimum Gasteiger partial charge on any atom is -0.341 e. The number of hydrogen-bond acceptors (Lipinski definition) is 12. The van der Waals surface area contributed by atoms with Gasteiger partial charge in [0.25, 0.3) is 11.1 Å². The number of carbonyl (C=O) groups is 2. The lowest BCUT2D eigenvalue weighted by molar-refractivity contribution is -0.120. The Morgan fingerprint density at radius 2 is 1.20 bits per heavy atom. The lowest BCUT2D eigenvalue weighted by atomic mass is 10.1. The van der Waals surface area contributed by atoms with Gasteiger partial charge in [-0.05, 0) is 73.9 Å². The Balaban J connectivity index is 0.000000175. The third kappa shape index (κ3) is 9.69. The largest absolute Gasteiger partial charge is 0.341 e. The molecule has 0 spiro atoms. The molecular formula is C49H53BrClFN12O6. The van der Waals surface area contributed by atoms with Crippen molar-refractivity contribution in [2.75, 3.05) is 36.0 Å². The van der Waals surface area contributed by atoms with Crippen molar-refractivity contribution in [3.05, 3.63) is 146 Å². The second-order valence-corrected chi connectivity index (χ2v) is 19.6. The molecule has 21 heteroatoms. The van der Waals surface area contributed by atoms with Gasteiger partial charge in [-0.2, -0.15) is 9.97 Å². The molecule has 70 heavy (non-hydrogen) atoms. The number of anilines is 2. The van der Waals surface area contributed by atoms with Gasteiger partial charge < -0.3 is 21.3 Å². The Morgan fingerprint density at radius 1 is 0.686 bits per heavy atom. The first kappa shape index (κ1) is 48.5. The van der Waals surface area contributed by atoms with Crippen LogP contribution in [0, 0.1) is 11.7 Å². The van der Waals surface area contributed by atoms with Crippen LogP contribution in [0.2, 0.25) is 5.02 Å². The van der Waals surface area contributed by atoms with E-state index in [1.807, 2.05) is 51.9 Å². The minimum atomic E-state index is -0.688. The number of fused-ring (bicyclic) bond motifs is 2. The molecule has 1 saturated carbocycles. The van der Waals surface area contributed by atoms with Crippen LogP contribution in [0.15, 0.2) is 96.4 Å². The molecule has 3 aromatic carbocycles. The summed E-state index contributed by atoms with van der Waals surface area (Å²) in [6, 6.07) is 20.2. The zero-order chi connectivity index (χ0) is 49.5. The van der Waals surface area contributed by atoms with Gasteiger partial charge >= 0.3 is 11.4 Å². The average molecular weight is 1040 g/mol. The summed E-state index contributed by atoms with van der Waals surface area (Å²) < 4.78 is 22.8. The number of nitrogens with zero attached hydrogens (tertiary/aromatic N) is 10. The fourth-order valence-electron chi connectivity index (χ4n) is 9.35. The molecule has 2 saturated heterocycles. The van der Waals surface area contributed by atoms with Gasteiger partial charge in [-0.25, -0.2) is 14.0 Å². The van der Waals surface area contributed by atoms with Gasteiger partial charge in [0.05, 0.1) is 26.2 Å². The number of rotatable bonds is 12. The van der Waals surface area contributed by atoms with Crippen LogP contribution in [0.25, 0.3) is 22.3 Å². The van der Waals surface area contributed by atoms with E-state index in [4.69, 9.17) is 33.0 Å². The molecular weight excluding hydrogens is 987 g/mol. The molecule has 1 aliphatic carbocycles. The standard InChI is InChI=1S/C26H26ClFN6O3.C23H27BrN6O3/c1-31-23-22(24(36)34(26(31)37)15-21(35)16-7-4-8-18(28)12-16)33(13-17-6-2-3-10-20(17)27)25(30-23)32-11-5-9-19(29)14-32;1-27-20-19(21(32)30(23(27)33)13-18(31)14-8-9-14)29(11-15-5-2-3-7-17(15)24)22(26-20)28-10-4-6-16(25)12-28/h2-4,6-8,10,12,19H,5,9,11,13-15,29H2,1H3;2-3,5,7,14,16H,4,6,8-13,25H2,1H3. The highest BCUT2D eigenvalue weighted by Gasteiger charge is 2.32. The molecule has 2 aliphatic heterocycles. The Kier molecular flexibility index (Phi) is 13.9. The van der Waals surface area contributed by atoms with Crippen LogP contribution in [0.4, 0.5) is 16.3 Å². The van der Waals surface area contributed by atoms with Gasteiger partial charge in [0.15, 0.2) is 33.9 Å². The van der Waals surface area contributed by atoms with E-state index >= 15 is 0 Å². The number of benzene rings is 3. The first-order chi connectivity index (χ1) is 33.6. The quantitative estimate of drug-likeness (QED) is 0.165. The number of aryl methyl sites for hydroxylation is 2. The second kappa shape index (κ2) is 20.1. The van der Waals surface area contributed by atoms with Gasteiger partial charge in [0, 0.05) is 73.3 Å². The summed E-state index contributed by atoms with van der Waals surface area (Å²) in [4.78, 5) is 92.6. The Hall–Kier alpha value is -6.48. The predicted octanol–water partition coefficient (Wildman–Crippen LogP) is 4.16. The Labute approximate surface area is 413 Å². The fraction of sp³-hybridized carbons (Fsp3) is 0.388. The maximum atomic E-state index is 13.8. The highest BCUT2D eigenvalue weighted by molar-refractivity contribution is 9.10. The third-order valence-corrected chi connectivity index (χ3v) is 14.4. The van der Waals surface area contributed by atoms with Crippen molar-refractivity contribution >= 4 is 73.3 Å². The molecule has 2 atom stereocenters. The molecule has 2 unspecified atom stereocenters. The normalized spacial score (nSPS) is 17.2. The second-order valence-electron chi connectivity index (χ2n) is 18.4. The van der Waals surface area contributed by atoms with Crippen molar-refractivity contribution in [2.45, 2.75) is 76.8 Å². The van der Waals surface area contributed by atoms with E-state index in [0.717, 1.165) is 75.9 Å². The number of hydrogen-bond donors (Lipinski definition) is 2. The van der Waals surface area contributed by atoms with Crippen molar-refractivity contribution in [3.8, 4) is 0 Å². The van der Waals surface area contributed by atoms with Gasteiger partial charge in [-0.3, -0.25) is 46.6 Å². The number of nitrogens with two attached hydrogens (primary N) is 2. The third-order valence-electron chi connectivity index (χ3n) is 13.3. The Bertz CT molecular complexity index is 3430. The number of carbonyl (C=O) groups excluding carboxylic acids is 2. The molecule has 4 N–H and O–H groups in total. The minimum absolute atomic E-state index is 0.0205. The summed E-state index contributed by atoms with van der Waals surface area (Å²) in [6.45, 7) is 2.52. The van der Waals surface area contributed by atoms with E-state index < -0.39 is 40.6 Å². The molecule has 366 valence electrons. The summed E-state index contributed by atoms with van der Waals surface area (Å²) in [7, 11) is 3.11. The summed E-state index contributed by atoms with van der Waals surface area (Å²) in [5.41, 5.74) is 13.0. The summed E-state index contributed by atoms with van der Waals surface area (Å²) >= 11 is 10.0. The van der Waals surface area contributed by atoms with Crippen LogP contribution < -0.4 is 43.8 Å². The van der Waals surface area contributed by atoms with Crippen molar-refractivity contribution in [3.63, 3.8) is 0 Å². The van der Waals surface area contributed by atoms with Crippen LogP contribution in [0.3, 0.4) is 0 Å². The zero-order valence-electron chi connectivity index (χ0n) is 38.8. The van der Waals surface area contributed by atoms with E-state index in [1.54, 1.807) is 17.7 Å². The van der Waals surface area contributed by atoms with Crippen LogP contribution in [0.1, 0.15) is 60.0 Å². The molecule has 0 amide bonds. The SMILES string of the molecule is Cn1c(=O)n(CC(=O)C2CC2)c(=O)c2c1nc(N1CCCC(N)C1)n2Cc1ccccc1Br.Cn1c(=O)n(CC(=O)c2cccc(F)c2)c(=O)c2c1nc(N1CCCC(N)C1)n2Cc1ccccc1Cl. The first-order valence-corrected chi connectivity index (χ1v) is 24.5. The van der Waals surface area contributed by atoms with Crippen molar-refractivity contribution in [1.82, 2.24) is 37.4 Å². The number of ketones is 2. The van der Waals surface area contributed by atoms with Crippen molar-refractivity contribution < 1.29 is 14.0 Å². The topological polar surface area (TPSA) is 216 Å².